The van der Waals surface area contributed by atoms with E-state index in [1.807, 2.05) is 59.7 Å². The summed E-state index contributed by atoms with van der Waals surface area (Å²) in [6.07, 6.45) is 0.0580. The summed E-state index contributed by atoms with van der Waals surface area (Å²) in [7, 11) is 0. The van der Waals surface area contributed by atoms with E-state index < -0.39 is 5.41 Å². The van der Waals surface area contributed by atoms with Crippen LogP contribution in [0.5, 0.6) is 5.75 Å². The Labute approximate surface area is 120 Å². The third-order valence-corrected chi connectivity index (χ3v) is 4.20. The SMILES string of the molecule is CC(C)Oc1cccc2c1NC(=O)C(C)(C)C(C)(C)N2. The van der Waals surface area contributed by atoms with E-state index in [1.165, 1.54) is 0 Å². The molecule has 4 heteroatoms. The van der Waals surface area contributed by atoms with Crippen LogP contribution in [0.4, 0.5) is 11.4 Å². The highest BCUT2D eigenvalue weighted by Crippen LogP contribution is 2.43. The molecule has 0 radical (unpaired) electrons. The van der Waals surface area contributed by atoms with Crippen molar-refractivity contribution in [2.75, 3.05) is 10.6 Å². The number of fused-ring (bicyclic) bond motifs is 1. The Balaban J connectivity index is 2.52. The average molecular weight is 276 g/mol. The van der Waals surface area contributed by atoms with E-state index in [0.29, 0.717) is 5.75 Å². The summed E-state index contributed by atoms with van der Waals surface area (Å²) in [6, 6.07) is 5.78. The van der Waals surface area contributed by atoms with Crippen molar-refractivity contribution in [3.63, 3.8) is 0 Å². The van der Waals surface area contributed by atoms with E-state index >= 15 is 0 Å². The highest BCUT2D eigenvalue weighted by Gasteiger charge is 2.46. The van der Waals surface area contributed by atoms with E-state index in [1.54, 1.807) is 0 Å². The zero-order valence-electron chi connectivity index (χ0n) is 13.1. The van der Waals surface area contributed by atoms with Gasteiger partial charge in [-0.2, -0.15) is 0 Å². The van der Waals surface area contributed by atoms with Gasteiger partial charge in [0.15, 0.2) is 0 Å². The first-order chi connectivity index (χ1) is 9.15. The molecule has 2 rings (SSSR count). The normalized spacial score (nSPS) is 19.6. The van der Waals surface area contributed by atoms with Crippen molar-refractivity contribution >= 4 is 17.3 Å². The number of benzene rings is 1. The molecule has 0 spiro atoms. The van der Waals surface area contributed by atoms with Crippen molar-refractivity contribution in [3.05, 3.63) is 18.2 Å². The Hall–Kier alpha value is -1.71. The van der Waals surface area contributed by atoms with Gasteiger partial charge in [0.25, 0.3) is 0 Å². The standard InChI is InChI=1S/C16H24N2O2/c1-10(2)20-12-9-7-8-11-13(12)17-14(19)15(3,4)16(5,6)18-11/h7-10,18H,1-6H3,(H,17,19). The van der Waals surface area contributed by atoms with Gasteiger partial charge < -0.3 is 15.4 Å². The third-order valence-electron chi connectivity index (χ3n) is 4.20. The summed E-state index contributed by atoms with van der Waals surface area (Å²) < 4.78 is 5.80. The number of para-hydroxylation sites is 1. The molecule has 110 valence electrons. The Kier molecular flexibility index (Phi) is 3.44. The second-order valence-corrected chi connectivity index (χ2v) is 6.67. The number of ether oxygens (including phenoxy) is 1. The number of hydrogen-bond acceptors (Lipinski definition) is 3. The van der Waals surface area contributed by atoms with Gasteiger partial charge in [0.1, 0.15) is 11.4 Å². The van der Waals surface area contributed by atoms with Gasteiger partial charge in [-0.1, -0.05) is 6.07 Å². The zero-order valence-corrected chi connectivity index (χ0v) is 13.1. The van der Waals surface area contributed by atoms with Crippen LogP contribution < -0.4 is 15.4 Å². The molecule has 0 fully saturated rings. The van der Waals surface area contributed by atoms with Crippen LogP contribution in [-0.2, 0) is 4.79 Å². The van der Waals surface area contributed by atoms with E-state index in [0.717, 1.165) is 11.4 Å². The van der Waals surface area contributed by atoms with Crippen molar-refractivity contribution in [2.24, 2.45) is 5.41 Å². The monoisotopic (exact) mass is 276 g/mol. The van der Waals surface area contributed by atoms with Crippen LogP contribution in [0.25, 0.3) is 0 Å². The lowest BCUT2D eigenvalue weighted by Crippen LogP contribution is -2.50. The molecule has 0 aromatic heterocycles. The lowest BCUT2D eigenvalue weighted by Gasteiger charge is -2.39. The lowest BCUT2D eigenvalue weighted by atomic mass is 9.74. The maximum atomic E-state index is 12.5. The molecule has 20 heavy (non-hydrogen) atoms. The van der Waals surface area contributed by atoms with Gasteiger partial charge in [-0.15, -0.1) is 0 Å². The molecule has 0 aliphatic carbocycles. The van der Waals surface area contributed by atoms with Crippen molar-refractivity contribution in [3.8, 4) is 5.75 Å². The molecule has 0 saturated carbocycles. The number of rotatable bonds is 2. The fourth-order valence-electron chi connectivity index (χ4n) is 2.16. The van der Waals surface area contributed by atoms with Gasteiger partial charge in [-0.25, -0.2) is 0 Å². The van der Waals surface area contributed by atoms with E-state index in [-0.39, 0.29) is 17.6 Å². The van der Waals surface area contributed by atoms with Crippen LogP contribution in [0.1, 0.15) is 41.5 Å². The van der Waals surface area contributed by atoms with Gasteiger partial charge in [0, 0.05) is 5.54 Å². The Morgan fingerprint density at radius 2 is 1.80 bits per heavy atom. The first kappa shape index (κ1) is 14.7. The smallest absolute Gasteiger partial charge is 0.232 e. The Bertz CT molecular complexity index is 533. The third kappa shape index (κ3) is 2.35. The van der Waals surface area contributed by atoms with Gasteiger partial charge in [-0.05, 0) is 53.7 Å². The second-order valence-electron chi connectivity index (χ2n) is 6.67. The molecule has 0 saturated heterocycles. The number of carbonyl (C=O) groups is 1. The fourth-order valence-corrected chi connectivity index (χ4v) is 2.16. The van der Waals surface area contributed by atoms with Crippen LogP contribution in [0.3, 0.4) is 0 Å². The van der Waals surface area contributed by atoms with E-state index in [2.05, 4.69) is 10.6 Å². The number of anilines is 2. The largest absolute Gasteiger partial charge is 0.489 e. The molecule has 1 aliphatic heterocycles. The summed E-state index contributed by atoms with van der Waals surface area (Å²) >= 11 is 0. The quantitative estimate of drug-likeness (QED) is 0.867. The van der Waals surface area contributed by atoms with Crippen LogP contribution in [0.15, 0.2) is 18.2 Å². The summed E-state index contributed by atoms with van der Waals surface area (Å²) in [4.78, 5) is 12.5. The lowest BCUT2D eigenvalue weighted by molar-refractivity contribution is -0.126. The van der Waals surface area contributed by atoms with Crippen molar-refractivity contribution in [2.45, 2.75) is 53.2 Å². The minimum atomic E-state index is -0.541. The molecule has 1 heterocycles. The molecule has 0 atom stereocenters. The number of nitrogens with one attached hydrogen (secondary N) is 2. The van der Waals surface area contributed by atoms with E-state index in [4.69, 9.17) is 4.74 Å². The predicted molar refractivity (Wildman–Crippen MR) is 82.3 cm³/mol. The molecule has 0 unspecified atom stereocenters. The molecule has 4 nitrogen and oxygen atoms in total. The molecule has 2 N–H and O–H groups in total. The number of carbonyl (C=O) groups excluding carboxylic acids is 1. The van der Waals surface area contributed by atoms with Crippen LogP contribution in [-0.4, -0.2) is 17.6 Å². The van der Waals surface area contributed by atoms with Crippen LogP contribution >= 0.6 is 0 Å². The summed E-state index contributed by atoms with van der Waals surface area (Å²) in [5.74, 6) is 0.695. The van der Waals surface area contributed by atoms with Gasteiger partial charge in [0.05, 0.1) is 17.2 Å². The number of hydrogen-bond donors (Lipinski definition) is 2. The molecular formula is C16H24N2O2. The van der Waals surface area contributed by atoms with Gasteiger partial charge in [0.2, 0.25) is 5.91 Å². The highest BCUT2D eigenvalue weighted by atomic mass is 16.5. The van der Waals surface area contributed by atoms with Crippen molar-refractivity contribution in [1.82, 2.24) is 0 Å². The first-order valence-electron chi connectivity index (χ1n) is 7.04. The summed E-state index contributed by atoms with van der Waals surface area (Å²) in [5.41, 5.74) is 0.719. The molecule has 1 aliphatic rings. The summed E-state index contributed by atoms with van der Waals surface area (Å²) in [6.45, 7) is 11.9. The fraction of sp³-hybridized carbons (Fsp3) is 0.562. The van der Waals surface area contributed by atoms with E-state index in [9.17, 15) is 4.79 Å². The van der Waals surface area contributed by atoms with Crippen molar-refractivity contribution in [1.29, 1.82) is 0 Å². The topological polar surface area (TPSA) is 50.4 Å². The highest BCUT2D eigenvalue weighted by molar-refractivity contribution is 6.02. The van der Waals surface area contributed by atoms with Crippen LogP contribution in [0, 0.1) is 5.41 Å². The maximum absolute atomic E-state index is 12.5. The molecule has 1 amide bonds. The molecular weight excluding hydrogens is 252 g/mol. The second kappa shape index (κ2) is 4.69. The maximum Gasteiger partial charge on any atom is 0.232 e. The first-order valence-corrected chi connectivity index (χ1v) is 7.04. The average Bonchev–Trinajstić information content (AvgIpc) is 2.36. The Morgan fingerprint density at radius 3 is 2.40 bits per heavy atom. The van der Waals surface area contributed by atoms with Gasteiger partial charge in [-0.3, -0.25) is 4.79 Å². The minimum absolute atomic E-state index is 0.00597. The minimum Gasteiger partial charge on any atom is -0.489 e. The summed E-state index contributed by atoms with van der Waals surface area (Å²) in [5, 5.41) is 6.49. The van der Waals surface area contributed by atoms with Crippen LogP contribution in [0.2, 0.25) is 0 Å². The zero-order chi connectivity index (χ0) is 15.1. The van der Waals surface area contributed by atoms with Gasteiger partial charge >= 0.3 is 0 Å². The Morgan fingerprint density at radius 1 is 1.15 bits per heavy atom. The predicted octanol–water partition coefficient (Wildman–Crippen LogP) is 3.64. The van der Waals surface area contributed by atoms with Crippen molar-refractivity contribution < 1.29 is 9.53 Å². The number of amides is 1. The molecule has 1 aromatic rings. The molecule has 1 aromatic carbocycles. The molecule has 0 bridgehead atoms.